The van der Waals surface area contributed by atoms with Crippen molar-refractivity contribution in [2.24, 2.45) is 0 Å². The van der Waals surface area contributed by atoms with Crippen molar-refractivity contribution in [2.75, 3.05) is 47.5 Å². The first-order valence-electron chi connectivity index (χ1n) is 37.1. The van der Waals surface area contributed by atoms with Gasteiger partial charge in [-0.3, -0.25) is 14.2 Å². The number of rotatable bonds is 66. The lowest BCUT2D eigenvalue weighted by Gasteiger charge is -2.28. The number of hydrogen-bond acceptors (Lipinski definition) is 8. The highest BCUT2D eigenvalue weighted by Gasteiger charge is 2.22. The summed E-state index contributed by atoms with van der Waals surface area (Å²) in [6.45, 7) is 3.98. The maximum atomic E-state index is 12.9. The molecule has 0 radical (unpaired) electrons. The highest BCUT2D eigenvalue weighted by molar-refractivity contribution is 7.45. The number of quaternary nitrogens is 1. The normalized spacial score (nSPS) is 14.2. The number of phosphoric acid groups is 1. The molecule has 0 bridgehead atoms. The topological polar surface area (TPSA) is 111 Å². The molecule has 2 unspecified atom stereocenters. The van der Waals surface area contributed by atoms with Crippen LogP contribution in [0.3, 0.4) is 0 Å². The fourth-order valence-electron chi connectivity index (χ4n) is 9.51. The van der Waals surface area contributed by atoms with Crippen LogP contribution >= 0.6 is 7.82 Å². The number of ether oxygens (including phenoxy) is 2. The Balaban J connectivity index is 4.15. The zero-order chi connectivity index (χ0) is 68.3. The molecule has 0 aliphatic rings. The number of phosphoric ester groups is 1. The lowest BCUT2D eigenvalue weighted by molar-refractivity contribution is -0.870. The molecule has 0 spiro atoms. The van der Waals surface area contributed by atoms with E-state index in [0.29, 0.717) is 17.4 Å². The lowest BCUT2D eigenvalue weighted by Crippen LogP contribution is -2.37. The molecule has 94 heavy (non-hydrogen) atoms. The standard InChI is InChI=1S/C84H136NO8P/c1-6-8-10-12-14-16-18-20-22-24-26-28-30-32-34-36-37-38-39-40-41-42-43-44-45-46-47-49-51-53-55-57-59-61-63-65-67-69-71-73-75-77-84(87)93-82(81-92-94(88,89)91-79-78-85(3,4)5)80-90-83(86)76-74-72-70-68-66-64-62-60-58-56-54-52-50-48-35-33-31-29-27-25-23-21-19-17-15-13-11-9-7-2/h8-11,14-17,20-23,26-29,32,34,37-38,40-41,43-44,46-47,51,53,57,59,63,65,82H,6-7,12-13,18-19,24-25,30-31,33,35-36,39,42,45,48-50,52,54-56,58,60-62,64,66-81H2,1-5H3/b10-8-,11-9-,16-14-,17-15-,22-20-,23-21-,28-26-,29-27-,34-32-,38-37-,41-40-,44-43-,47-46-,53-51-,59-57-,65-63-. The fraction of sp³-hybridized carbons (Fsp3) is 0.595. The lowest BCUT2D eigenvalue weighted by atomic mass is 10.0. The molecular formula is C84H136NO8P. The molecule has 0 N–H and O–H groups in total. The Morgan fingerprint density at radius 1 is 0.330 bits per heavy atom. The molecule has 0 aromatic carbocycles. The van der Waals surface area contributed by atoms with Crippen LogP contribution in [-0.2, 0) is 32.7 Å². The van der Waals surface area contributed by atoms with Crippen LogP contribution in [0.4, 0.5) is 0 Å². The van der Waals surface area contributed by atoms with Crippen molar-refractivity contribution >= 4 is 19.8 Å². The van der Waals surface area contributed by atoms with E-state index in [1.165, 1.54) is 89.9 Å². The van der Waals surface area contributed by atoms with Gasteiger partial charge in [0.1, 0.15) is 19.8 Å². The van der Waals surface area contributed by atoms with E-state index in [1.807, 2.05) is 21.1 Å². The van der Waals surface area contributed by atoms with Crippen molar-refractivity contribution in [3.63, 3.8) is 0 Å². The first kappa shape index (κ1) is 88.8. The van der Waals surface area contributed by atoms with Gasteiger partial charge in [-0.15, -0.1) is 0 Å². The van der Waals surface area contributed by atoms with Crippen LogP contribution in [0.1, 0.15) is 271 Å². The van der Waals surface area contributed by atoms with E-state index in [9.17, 15) is 19.0 Å². The highest BCUT2D eigenvalue weighted by atomic mass is 31.2. The first-order valence-corrected chi connectivity index (χ1v) is 38.6. The molecule has 0 aliphatic heterocycles. The average molecular weight is 1320 g/mol. The summed E-state index contributed by atoms with van der Waals surface area (Å²) in [4.78, 5) is 38.1. The molecule has 0 saturated heterocycles. The van der Waals surface area contributed by atoms with Gasteiger partial charge in [0.25, 0.3) is 7.82 Å². The van der Waals surface area contributed by atoms with Crippen molar-refractivity contribution in [3.05, 3.63) is 194 Å². The van der Waals surface area contributed by atoms with Crippen molar-refractivity contribution in [1.29, 1.82) is 0 Å². The smallest absolute Gasteiger partial charge is 0.306 e. The number of esters is 2. The van der Waals surface area contributed by atoms with Gasteiger partial charge in [0.15, 0.2) is 6.10 Å². The minimum Gasteiger partial charge on any atom is -0.756 e. The zero-order valence-electron chi connectivity index (χ0n) is 60.3. The van der Waals surface area contributed by atoms with E-state index in [2.05, 4.69) is 208 Å². The molecule has 0 aromatic heterocycles. The van der Waals surface area contributed by atoms with Crippen LogP contribution in [0.15, 0.2) is 194 Å². The second-order valence-corrected chi connectivity index (χ2v) is 26.6. The fourth-order valence-corrected chi connectivity index (χ4v) is 10.2. The SMILES string of the molecule is CC/C=C\C/C=C\C/C=C\C/C=C\C/C=C\C/C=C\C/C=C\C/C=C\C/C=C\C/C=C\C/C=C\C/C=C\CCCCCCC(=O)OC(COC(=O)CCCCCCCCCCCCCCCCCC/C=C\C/C=C\C/C=C\C/C=C\CC)COP(=O)([O-])OCC[N+](C)(C)C. The quantitative estimate of drug-likeness (QED) is 0.0195. The zero-order valence-corrected chi connectivity index (χ0v) is 61.2. The first-order chi connectivity index (χ1) is 46.0. The third kappa shape index (κ3) is 75.9. The van der Waals surface area contributed by atoms with Crippen molar-refractivity contribution in [2.45, 2.75) is 277 Å². The predicted octanol–water partition coefficient (Wildman–Crippen LogP) is 24.2. The number of unbranched alkanes of at least 4 members (excludes halogenated alkanes) is 20. The summed E-state index contributed by atoms with van der Waals surface area (Å²) in [7, 11) is 1.13. The third-order valence-electron chi connectivity index (χ3n) is 15.1. The Hall–Kier alpha value is -5.15. The molecule has 0 aromatic rings. The summed E-state index contributed by atoms with van der Waals surface area (Å²) < 4.78 is 34.3. The monoisotopic (exact) mass is 1320 g/mol. The summed E-state index contributed by atoms with van der Waals surface area (Å²) in [5.41, 5.74) is 0. The van der Waals surface area contributed by atoms with Gasteiger partial charge < -0.3 is 27.9 Å². The second-order valence-electron chi connectivity index (χ2n) is 25.2. The van der Waals surface area contributed by atoms with E-state index >= 15 is 0 Å². The molecular weight excluding hydrogens is 1180 g/mol. The summed E-state index contributed by atoms with van der Waals surface area (Å²) in [5, 5.41) is 0. The molecule has 0 fully saturated rings. The molecule has 530 valence electrons. The Kier molecular flexibility index (Phi) is 68.2. The van der Waals surface area contributed by atoms with Crippen molar-refractivity contribution in [3.8, 4) is 0 Å². The van der Waals surface area contributed by atoms with Crippen LogP contribution in [0.25, 0.3) is 0 Å². The molecule has 0 heterocycles. The van der Waals surface area contributed by atoms with Gasteiger partial charge in [-0.2, -0.15) is 0 Å². The third-order valence-corrected chi connectivity index (χ3v) is 16.1. The molecule has 9 nitrogen and oxygen atoms in total. The van der Waals surface area contributed by atoms with Crippen LogP contribution in [0, 0.1) is 0 Å². The van der Waals surface area contributed by atoms with E-state index in [1.54, 1.807) is 0 Å². The van der Waals surface area contributed by atoms with Crippen LogP contribution in [-0.4, -0.2) is 70.0 Å². The van der Waals surface area contributed by atoms with Gasteiger partial charge in [0.05, 0.1) is 27.7 Å². The van der Waals surface area contributed by atoms with Gasteiger partial charge in [0.2, 0.25) is 0 Å². The number of nitrogens with zero attached hydrogens (tertiary/aromatic N) is 1. The number of hydrogen-bond donors (Lipinski definition) is 0. The van der Waals surface area contributed by atoms with E-state index in [4.69, 9.17) is 18.5 Å². The van der Waals surface area contributed by atoms with E-state index in [-0.39, 0.29) is 26.1 Å². The van der Waals surface area contributed by atoms with Crippen LogP contribution in [0.5, 0.6) is 0 Å². The minimum atomic E-state index is -4.66. The Labute approximate surface area is 577 Å². The Morgan fingerprint density at radius 3 is 0.851 bits per heavy atom. The predicted molar refractivity (Wildman–Crippen MR) is 406 cm³/mol. The molecule has 10 heteroatoms. The number of carbonyl (C=O) groups is 2. The summed E-state index contributed by atoms with van der Waals surface area (Å²) in [5.74, 6) is -0.871. The van der Waals surface area contributed by atoms with Gasteiger partial charge in [-0.05, 0) is 141 Å². The molecule has 0 amide bonds. The maximum absolute atomic E-state index is 12.9. The van der Waals surface area contributed by atoms with Gasteiger partial charge in [0, 0.05) is 12.8 Å². The highest BCUT2D eigenvalue weighted by Crippen LogP contribution is 2.38. The second kappa shape index (κ2) is 72.1. The molecule has 0 rings (SSSR count). The molecule has 2 atom stereocenters. The molecule has 0 saturated carbocycles. The minimum absolute atomic E-state index is 0.0455. The number of carbonyl (C=O) groups excluding carboxylic acids is 2. The van der Waals surface area contributed by atoms with Gasteiger partial charge in [-0.1, -0.05) is 311 Å². The molecule has 0 aliphatic carbocycles. The average Bonchev–Trinajstić information content (AvgIpc) is 1.57. The van der Waals surface area contributed by atoms with E-state index < -0.39 is 32.5 Å². The number of allylic oxidation sites excluding steroid dienone is 32. The van der Waals surface area contributed by atoms with Crippen molar-refractivity contribution in [1.82, 2.24) is 0 Å². The van der Waals surface area contributed by atoms with Crippen LogP contribution < -0.4 is 4.89 Å². The van der Waals surface area contributed by atoms with E-state index in [0.717, 1.165) is 148 Å². The van der Waals surface area contributed by atoms with Gasteiger partial charge in [-0.25, -0.2) is 0 Å². The largest absolute Gasteiger partial charge is 0.756 e. The number of likely N-dealkylation sites (N-methyl/N-ethyl adjacent to an activating group) is 1. The summed E-state index contributed by atoms with van der Waals surface area (Å²) in [6.07, 6.45) is 112. The Bertz CT molecular complexity index is 2290. The van der Waals surface area contributed by atoms with Gasteiger partial charge >= 0.3 is 11.9 Å². The van der Waals surface area contributed by atoms with Crippen molar-refractivity contribution < 1.29 is 42.1 Å². The summed E-state index contributed by atoms with van der Waals surface area (Å²) in [6, 6.07) is 0. The van der Waals surface area contributed by atoms with Crippen LogP contribution in [0.2, 0.25) is 0 Å². The Morgan fingerprint density at radius 2 is 0.574 bits per heavy atom. The summed E-state index contributed by atoms with van der Waals surface area (Å²) >= 11 is 0. The maximum Gasteiger partial charge on any atom is 0.306 e.